The number of aromatic nitrogens is 1. The number of nitrogens with one attached hydrogen (secondary N) is 1. The Morgan fingerprint density at radius 1 is 1.40 bits per heavy atom. The molecule has 9 heteroatoms. The first-order valence-electron chi connectivity index (χ1n) is 9.97. The van der Waals surface area contributed by atoms with Crippen molar-refractivity contribution in [3.05, 3.63) is 47.9 Å². The van der Waals surface area contributed by atoms with Gasteiger partial charge < -0.3 is 19.4 Å². The van der Waals surface area contributed by atoms with E-state index in [1.54, 1.807) is 34.9 Å². The van der Waals surface area contributed by atoms with Crippen LogP contribution in [0.1, 0.15) is 25.1 Å². The van der Waals surface area contributed by atoms with Crippen molar-refractivity contribution in [2.45, 2.75) is 37.1 Å². The number of hydrogen-bond acceptors (Lipinski definition) is 7. The number of hydrogen-bond donors (Lipinski definition) is 1. The van der Waals surface area contributed by atoms with Gasteiger partial charge >= 0.3 is 0 Å². The van der Waals surface area contributed by atoms with Gasteiger partial charge in [-0.3, -0.25) is 14.4 Å². The number of rotatable bonds is 3. The van der Waals surface area contributed by atoms with Crippen LogP contribution >= 0.6 is 11.3 Å². The number of amides is 2. The zero-order valence-corrected chi connectivity index (χ0v) is 16.9. The lowest BCUT2D eigenvalue weighted by Gasteiger charge is -2.43. The topological polar surface area (TPSA) is 102 Å². The maximum absolute atomic E-state index is 13.7. The molecule has 0 aliphatic carbocycles. The number of fused-ring (bicyclic) bond motifs is 2. The Kier molecular flexibility index (Phi) is 3.67. The number of carbonyl (C=O) groups is 3. The molecular formula is C21H19N3O5S. The molecule has 6 heterocycles. The highest BCUT2D eigenvalue weighted by atomic mass is 32.1. The minimum Gasteiger partial charge on any atom is -0.467 e. The second-order valence-corrected chi connectivity index (χ2v) is 9.20. The van der Waals surface area contributed by atoms with Crippen molar-refractivity contribution in [1.82, 2.24) is 9.88 Å². The summed E-state index contributed by atoms with van der Waals surface area (Å²) in [6, 6.07) is 2.58. The van der Waals surface area contributed by atoms with Crippen LogP contribution in [0, 0.1) is 17.8 Å². The molecule has 1 N–H and O–H groups in total. The van der Waals surface area contributed by atoms with Gasteiger partial charge in [-0.25, -0.2) is 4.98 Å². The first-order chi connectivity index (χ1) is 14.5. The third-order valence-corrected chi connectivity index (χ3v) is 7.61. The number of thiazole rings is 1. The van der Waals surface area contributed by atoms with E-state index in [4.69, 9.17) is 9.15 Å². The highest BCUT2D eigenvalue weighted by Crippen LogP contribution is 2.59. The first kappa shape index (κ1) is 18.0. The zero-order chi connectivity index (χ0) is 20.6. The molecule has 7 atom stereocenters. The van der Waals surface area contributed by atoms with Crippen molar-refractivity contribution in [1.29, 1.82) is 0 Å². The van der Waals surface area contributed by atoms with Crippen molar-refractivity contribution < 1.29 is 23.5 Å². The molecule has 3 fully saturated rings. The molecule has 4 aliphatic heterocycles. The Morgan fingerprint density at radius 3 is 3.00 bits per heavy atom. The molecule has 6 rings (SSSR count). The van der Waals surface area contributed by atoms with Crippen molar-refractivity contribution in [3.63, 3.8) is 0 Å². The van der Waals surface area contributed by atoms with E-state index in [1.165, 1.54) is 11.3 Å². The highest BCUT2D eigenvalue weighted by Gasteiger charge is 2.74. The number of Topliss-reactive ketones (excluding diaryl/α,β-unsaturated/α-hetero) is 1. The van der Waals surface area contributed by atoms with Crippen LogP contribution in [0.3, 0.4) is 0 Å². The van der Waals surface area contributed by atoms with Gasteiger partial charge in [-0.2, -0.15) is 0 Å². The molecule has 30 heavy (non-hydrogen) atoms. The monoisotopic (exact) mass is 425 g/mol. The second kappa shape index (κ2) is 6.12. The lowest BCUT2D eigenvalue weighted by Crippen LogP contribution is -2.55. The summed E-state index contributed by atoms with van der Waals surface area (Å²) in [6.07, 6.45) is 6.61. The van der Waals surface area contributed by atoms with Gasteiger partial charge in [-0.05, 0) is 12.1 Å². The molecular weight excluding hydrogens is 406 g/mol. The van der Waals surface area contributed by atoms with E-state index in [2.05, 4.69) is 10.3 Å². The van der Waals surface area contributed by atoms with Gasteiger partial charge in [-0.15, -0.1) is 11.3 Å². The van der Waals surface area contributed by atoms with E-state index in [0.717, 1.165) is 0 Å². The predicted molar refractivity (Wildman–Crippen MR) is 105 cm³/mol. The van der Waals surface area contributed by atoms with E-state index in [9.17, 15) is 14.4 Å². The summed E-state index contributed by atoms with van der Waals surface area (Å²) in [4.78, 5) is 45.6. The lowest BCUT2D eigenvalue weighted by atomic mass is 9.70. The molecule has 0 saturated carbocycles. The molecule has 0 aromatic carbocycles. The molecule has 4 aliphatic rings. The number of anilines is 1. The lowest BCUT2D eigenvalue weighted by molar-refractivity contribution is -0.147. The number of carbonyl (C=O) groups excluding carboxylic acids is 3. The maximum atomic E-state index is 13.7. The average Bonchev–Trinajstić information content (AvgIpc) is 3.52. The minimum absolute atomic E-state index is 0.0663. The Labute approximate surface area is 175 Å². The predicted octanol–water partition coefficient (Wildman–Crippen LogP) is 2.18. The summed E-state index contributed by atoms with van der Waals surface area (Å²) < 4.78 is 11.9. The van der Waals surface area contributed by atoms with E-state index in [-0.39, 0.29) is 24.0 Å². The van der Waals surface area contributed by atoms with E-state index >= 15 is 0 Å². The number of piperidine rings is 1. The minimum atomic E-state index is -0.979. The van der Waals surface area contributed by atoms with Gasteiger partial charge in [0, 0.05) is 23.9 Å². The zero-order valence-electron chi connectivity index (χ0n) is 16.1. The maximum Gasteiger partial charge on any atom is 0.233 e. The van der Waals surface area contributed by atoms with Crippen LogP contribution in [0.15, 0.2) is 46.5 Å². The summed E-state index contributed by atoms with van der Waals surface area (Å²) >= 11 is 1.32. The summed E-state index contributed by atoms with van der Waals surface area (Å²) in [6.45, 7) is 1.84. The van der Waals surface area contributed by atoms with Crippen LogP contribution in [-0.2, 0) is 19.1 Å². The van der Waals surface area contributed by atoms with Gasteiger partial charge in [0.2, 0.25) is 11.8 Å². The molecule has 2 aromatic rings. The van der Waals surface area contributed by atoms with E-state index < -0.39 is 41.5 Å². The van der Waals surface area contributed by atoms with Crippen LogP contribution in [0.5, 0.6) is 0 Å². The fraction of sp³-hybridized carbons (Fsp3) is 0.429. The van der Waals surface area contributed by atoms with Crippen LogP contribution in [0.25, 0.3) is 0 Å². The van der Waals surface area contributed by atoms with Crippen LogP contribution in [0.4, 0.5) is 5.13 Å². The highest BCUT2D eigenvalue weighted by molar-refractivity contribution is 7.13. The van der Waals surface area contributed by atoms with Crippen molar-refractivity contribution in [3.8, 4) is 0 Å². The molecule has 0 unspecified atom stereocenters. The van der Waals surface area contributed by atoms with Crippen LogP contribution in [-0.4, -0.2) is 45.2 Å². The largest absolute Gasteiger partial charge is 0.467 e. The first-order valence-corrected chi connectivity index (χ1v) is 10.8. The van der Waals surface area contributed by atoms with Crippen molar-refractivity contribution >= 4 is 34.1 Å². The summed E-state index contributed by atoms with van der Waals surface area (Å²) in [5.74, 6) is -1.54. The van der Waals surface area contributed by atoms with Gasteiger partial charge in [0.1, 0.15) is 17.1 Å². The molecule has 2 bridgehead atoms. The average molecular weight is 425 g/mol. The third kappa shape index (κ3) is 2.19. The summed E-state index contributed by atoms with van der Waals surface area (Å²) in [7, 11) is 0. The van der Waals surface area contributed by atoms with E-state index in [0.29, 0.717) is 10.9 Å². The molecule has 2 amide bonds. The van der Waals surface area contributed by atoms with Crippen molar-refractivity contribution in [2.75, 3.05) is 5.32 Å². The quantitative estimate of drug-likeness (QED) is 0.757. The van der Waals surface area contributed by atoms with Crippen LogP contribution in [0.2, 0.25) is 0 Å². The molecule has 0 radical (unpaired) electrons. The number of nitrogens with zero attached hydrogens (tertiary/aromatic N) is 2. The Bertz CT molecular complexity index is 1060. The van der Waals surface area contributed by atoms with Crippen LogP contribution < -0.4 is 5.32 Å². The fourth-order valence-corrected chi connectivity index (χ4v) is 6.27. The SMILES string of the molecule is C[C@H]1C(=O)C[C@H](c2ccco2)N2C(=O)[C@H]3[C@H](C(=O)Nc4nccs4)[C@H]4C=C[C@@]3(O4)[C@@H]12. The Morgan fingerprint density at radius 2 is 2.27 bits per heavy atom. The fourth-order valence-electron chi connectivity index (χ4n) is 5.74. The van der Waals surface area contributed by atoms with Crippen molar-refractivity contribution in [2.24, 2.45) is 17.8 Å². The number of ether oxygens (including phenoxy) is 1. The molecule has 3 saturated heterocycles. The van der Waals surface area contributed by atoms with Gasteiger partial charge in [0.15, 0.2) is 5.13 Å². The van der Waals surface area contributed by atoms with Gasteiger partial charge in [-0.1, -0.05) is 19.1 Å². The second-order valence-electron chi connectivity index (χ2n) is 8.31. The van der Waals surface area contributed by atoms with E-state index in [1.807, 2.05) is 19.1 Å². The summed E-state index contributed by atoms with van der Waals surface area (Å²) in [5.41, 5.74) is -0.979. The molecule has 1 spiro atoms. The Hall–Kier alpha value is -2.78. The van der Waals surface area contributed by atoms with Gasteiger partial charge in [0.05, 0.1) is 36.3 Å². The number of ketones is 1. The number of furan rings is 1. The third-order valence-electron chi connectivity index (χ3n) is 6.92. The summed E-state index contributed by atoms with van der Waals surface area (Å²) in [5, 5.41) is 5.08. The smallest absolute Gasteiger partial charge is 0.233 e. The Balaban J connectivity index is 1.41. The normalized spacial score (nSPS) is 38.8. The van der Waals surface area contributed by atoms with Gasteiger partial charge in [0.25, 0.3) is 0 Å². The standard InChI is InChI=1S/C21H19N3O5S/c1-10-12(25)9-11(13-3-2-7-28-13)24-17(10)21-5-4-14(29-21)15(16(21)19(24)27)18(26)23-20-22-6-8-30-20/h2-8,10-11,14-17H,9H2,1H3,(H,22,23,26)/t10-,11+,14+,15+,16+,17+,21-/m0/s1. The molecule has 8 nitrogen and oxygen atoms in total. The molecule has 154 valence electrons. The molecule has 2 aromatic heterocycles.